The lowest BCUT2D eigenvalue weighted by Crippen LogP contribution is -2.39. The van der Waals surface area contributed by atoms with Crippen molar-refractivity contribution in [1.29, 1.82) is 0 Å². The molecular formula is C20H37N6O11P. The minimum absolute atomic E-state index is 0.0432. The van der Waals surface area contributed by atoms with Crippen LogP contribution in [0.5, 0.6) is 0 Å². The van der Waals surface area contributed by atoms with E-state index in [-0.39, 0.29) is 50.5 Å². The van der Waals surface area contributed by atoms with E-state index in [1.165, 1.54) is 0 Å². The maximum absolute atomic E-state index is 12.0. The molecule has 0 radical (unpaired) electrons. The molecular weight excluding hydrogens is 531 g/mol. The van der Waals surface area contributed by atoms with Crippen molar-refractivity contribution < 1.29 is 53.6 Å². The van der Waals surface area contributed by atoms with Crippen LogP contribution in [0.25, 0.3) is 0 Å². The van der Waals surface area contributed by atoms with Crippen molar-refractivity contribution in [2.45, 2.75) is 51.9 Å². The summed E-state index contributed by atoms with van der Waals surface area (Å²) in [4.78, 5) is 66.5. The van der Waals surface area contributed by atoms with E-state index in [1.807, 2.05) is 0 Å². The average Bonchev–Trinajstić information content (AvgIpc) is 2.83. The SMILES string of the molecule is C=C(CCC(=O)N(O)CCCCCNC(=O)OP(C)(=O)O)NCN(O)C(=O)CCC(=O)NCN(O)C(C)=O. The maximum Gasteiger partial charge on any atom is 0.413 e. The Morgan fingerprint density at radius 1 is 0.816 bits per heavy atom. The largest absolute Gasteiger partial charge is 0.413 e. The van der Waals surface area contributed by atoms with Crippen LogP contribution in [-0.4, -0.2) is 98.5 Å². The maximum atomic E-state index is 12.0. The third-order valence-corrected chi connectivity index (χ3v) is 5.12. The fraction of sp³-hybridized carbons (Fsp3) is 0.650. The molecule has 1 atom stereocenters. The smallest absolute Gasteiger partial charge is 0.375 e. The number of rotatable bonds is 18. The summed E-state index contributed by atoms with van der Waals surface area (Å²) in [5, 5.41) is 37.0. The van der Waals surface area contributed by atoms with Crippen molar-refractivity contribution in [2.75, 3.05) is 33.1 Å². The van der Waals surface area contributed by atoms with Crippen LogP contribution < -0.4 is 16.0 Å². The van der Waals surface area contributed by atoms with E-state index < -0.39 is 44.0 Å². The normalized spacial score (nSPS) is 11.9. The molecule has 0 bridgehead atoms. The van der Waals surface area contributed by atoms with Gasteiger partial charge in [-0.1, -0.05) is 6.58 Å². The van der Waals surface area contributed by atoms with Gasteiger partial charge in [-0.15, -0.1) is 0 Å². The first-order valence-electron chi connectivity index (χ1n) is 11.5. The minimum Gasteiger partial charge on any atom is -0.375 e. The second kappa shape index (κ2) is 18.1. The first kappa shape index (κ1) is 34.8. The number of carbonyl (C=O) groups is 5. The molecule has 0 aromatic rings. The van der Waals surface area contributed by atoms with Gasteiger partial charge in [0, 0.05) is 51.6 Å². The average molecular weight is 569 g/mol. The summed E-state index contributed by atoms with van der Waals surface area (Å²) in [5.41, 5.74) is 0.307. The second-order valence-electron chi connectivity index (χ2n) is 8.09. The molecule has 0 saturated carbocycles. The van der Waals surface area contributed by atoms with Gasteiger partial charge in [0.2, 0.25) is 23.6 Å². The van der Waals surface area contributed by atoms with Crippen molar-refractivity contribution >= 4 is 37.3 Å². The molecule has 0 saturated heterocycles. The van der Waals surface area contributed by atoms with Crippen LogP contribution in [0.15, 0.2) is 12.3 Å². The molecule has 0 aliphatic rings. The van der Waals surface area contributed by atoms with E-state index in [9.17, 15) is 39.0 Å². The molecule has 1 unspecified atom stereocenters. The van der Waals surface area contributed by atoms with Gasteiger partial charge in [0.1, 0.15) is 13.3 Å². The lowest BCUT2D eigenvalue weighted by molar-refractivity contribution is -0.168. The van der Waals surface area contributed by atoms with Crippen molar-refractivity contribution in [3.05, 3.63) is 12.3 Å². The number of unbranched alkanes of at least 4 members (excludes halogenated alkanes) is 2. The molecule has 0 aromatic heterocycles. The lowest BCUT2D eigenvalue weighted by Gasteiger charge is -2.19. The monoisotopic (exact) mass is 568 g/mol. The summed E-state index contributed by atoms with van der Waals surface area (Å²) < 4.78 is 15.2. The zero-order chi connectivity index (χ0) is 29.3. The highest BCUT2D eigenvalue weighted by molar-refractivity contribution is 7.52. The highest BCUT2D eigenvalue weighted by Gasteiger charge is 2.17. The summed E-state index contributed by atoms with van der Waals surface area (Å²) in [6.45, 7) is 5.07. The van der Waals surface area contributed by atoms with E-state index in [0.717, 1.165) is 13.6 Å². The second-order valence-corrected chi connectivity index (χ2v) is 9.88. The first-order valence-corrected chi connectivity index (χ1v) is 13.6. The Labute approximate surface area is 219 Å². The van der Waals surface area contributed by atoms with Crippen molar-refractivity contribution in [3.8, 4) is 0 Å². The molecule has 0 aliphatic heterocycles. The number of hydrogen-bond acceptors (Lipinski definition) is 11. The third kappa shape index (κ3) is 18.1. The molecule has 38 heavy (non-hydrogen) atoms. The Bertz CT molecular complexity index is 882. The van der Waals surface area contributed by atoms with Gasteiger partial charge in [0.15, 0.2) is 0 Å². The third-order valence-electron chi connectivity index (χ3n) is 4.62. The lowest BCUT2D eigenvalue weighted by atomic mass is 10.2. The highest BCUT2D eigenvalue weighted by atomic mass is 31.2. The molecule has 18 heteroatoms. The minimum atomic E-state index is -3.91. The zero-order valence-electron chi connectivity index (χ0n) is 21.4. The Kier molecular flexibility index (Phi) is 16.5. The standard InChI is InChI=1S/C20H37N6O11P/c1-15(22-13-26(34)19(30)10-8-17(28)23-14-25(33)16(2)27)7-9-18(29)24(32)12-6-4-5-11-21-20(31)37-38(3,35)36/h22,32-34H,1,4-14H2,2-3H3,(H,21,31)(H,23,28)(H,35,36). The summed E-state index contributed by atoms with van der Waals surface area (Å²) in [6.07, 6.45) is -0.186. The van der Waals surface area contributed by atoms with Crippen molar-refractivity contribution in [1.82, 2.24) is 31.1 Å². The Morgan fingerprint density at radius 2 is 1.39 bits per heavy atom. The molecule has 5 amide bonds. The van der Waals surface area contributed by atoms with Crippen LogP contribution in [0, 0.1) is 0 Å². The van der Waals surface area contributed by atoms with Gasteiger partial charge >= 0.3 is 13.7 Å². The summed E-state index contributed by atoms with van der Waals surface area (Å²) in [5.74, 6) is -2.66. The number of nitrogens with one attached hydrogen (secondary N) is 3. The number of hydroxylamine groups is 6. The Morgan fingerprint density at radius 3 is 2.00 bits per heavy atom. The van der Waals surface area contributed by atoms with Gasteiger partial charge in [-0.3, -0.25) is 34.8 Å². The predicted molar refractivity (Wildman–Crippen MR) is 129 cm³/mol. The molecule has 0 heterocycles. The van der Waals surface area contributed by atoms with E-state index in [1.54, 1.807) is 0 Å². The van der Waals surface area contributed by atoms with Crippen LogP contribution in [0.4, 0.5) is 4.79 Å². The van der Waals surface area contributed by atoms with E-state index >= 15 is 0 Å². The van der Waals surface area contributed by atoms with Crippen LogP contribution >= 0.6 is 7.60 Å². The van der Waals surface area contributed by atoms with Crippen LogP contribution in [0.3, 0.4) is 0 Å². The molecule has 0 spiro atoms. The van der Waals surface area contributed by atoms with Gasteiger partial charge < -0.3 is 25.4 Å². The number of allylic oxidation sites excluding steroid dienone is 1. The Hall–Kier alpha value is -3.24. The van der Waals surface area contributed by atoms with Gasteiger partial charge in [0.25, 0.3) is 0 Å². The fourth-order valence-corrected chi connectivity index (χ4v) is 2.90. The van der Waals surface area contributed by atoms with Gasteiger partial charge in [0.05, 0.1) is 0 Å². The number of carbonyl (C=O) groups excluding carboxylic acids is 5. The highest BCUT2D eigenvalue weighted by Crippen LogP contribution is 2.36. The quantitative estimate of drug-likeness (QED) is 0.0382. The van der Waals surface area contributed by atoms with E-state index in [2.05, 4.69) is 27.1 Å². The van der Waals surface area contributed by atoms with Gasteiger partial charge in [-0.2, -0.15) is 0 Å². The first-order chi connectivity index (χ1) is 17.6. The summed E-state index contributed by atoms with van der Waals surface area (Å²) in [6, 6.07) is 0. The molecule has 17 nitrogen and oxygen atoms in total. The van der Waals surface area contributed by atoms with Crippen LogP contribution in [0.2, 0.25) is 0 Å². The van der Waals surface area contributed by atoms with E-state index in [4.69, 9.17) is 10.1 Å². The molecule has 0 rings (SSSR count). The summed E-state index contributed by atoms with van der Waals surface area (Å²) >= 11 is 0. The van der Waals surface area contributed by atoms with Crippen LogP contribution in [-0.2, 0) is 28.3 Å². The van der Waals surface area contributed by atoms with Crippen molar-refractivity contribution in [2.24, 2.45) is 0 Å². The molecule has 0 aromatic carbocycles. The van der Waals surface area contributed by atoms with E-state index in [0.29, 0.717) is 35.1 Å². The Balaban J connectivity index is 4.01. The number of nitrogens with zero attached hydrogens (tertiary/aromatic N) is 3. The number of hydrogen-bond donors (Lipinski definition) is 7. The molecule has 7 N–H and O–H groups in total. The molecule has 0 aliphatic carbocycles. The fourth-order valence-electron chi connectivity index (χ4n) is 2.53. The topological polar surface area (TPSA) is 238 Å². The predicted octanol–water partition coefficient (Wildman–Crippen LogP) is 0.0663. The van der Waals surface area contributed by atoms with Gasteiger partial charge in [-0.05, 0) is 25.7 Å². The number of amides is 5. The summed E-state index contributed by atoms with van der Waals surface area (Å²) in [7, 11) is -3.91. The molecule has 0 fully saturated rings. The molecule has 218 valence electrons. The zero-order valence-corrected chi connectivity index (χ0v) is 22.3. The van der Waals surface area contributed by atoms with Crippen LogP contribution in [0.1, 0.15) is 51.9 Å². The van der Waals surface area contributed by atoms with Gasteiger partial charge in [-0.25, -0.2) is 24.5 Å². The van der Waals surface area contributed by atoms with Crippen molar-refractivity contribution in [3.63, 3.8) is 0 Å².